The molecule has 0 fully saturated rings. The van der Waals surface area contributed by atoms with E-state index in [4.69, 9.17) is 4.52 Å². The summed E-state index contributed by atoms with van der Waals surface area (Å²) in [4.78, 5) is 6.43. The first-order valence-corrected chi connectivity index (χ1v) is 6.17. The van der Waals surface area contributed by atoms with Gasteiger partial charge in [-0.05, 0) is 23.7 Å². The Morgan fingerprint density at radius 1 is 1.44 bits per heavy atom. The Labute approximate surface area is 106 Å². The van der Waals surface area contributed by atoms with E-state index in [9.17, 15) is 0 Å². The lowest BCUT2D eigenvalue weighted by molar-refractivity contribution is 0.370. The molecule has 0 radical (unpaired) electrons. The van der Waals surface area contributed by atoms with Crippen LogP contribution < -0.4 is 10.2 Å². The van der Waals surface area contributed by atoms with Crippen LogP contribution in [0.1, 0.15) is 24.3 Å². The molecule has 1 aromatic heterocycles. The fourth-order valence-electron chi connectivity index (χ4n) is 2.17. The molecule has 1 aromatic carbocycles. The molecule has 1 aliphatic heterocycles. The van der Waals surface area contributed by atoms with Crippen molar-refractivity contribution in [1.29, 1.82) is 0 Å². The highest BCUT2D eigenvalue weighted by molar-refractivity contribution is 5.59. The Kier molecular flexibility index (Phi) is 2.66. The molecule has 0 aliphatic carbocycles. The molecule has 94 valence electrons. The van der Waals surface area contributed by atoms with Crippen LogP contribution in [-0.2, 0) is 0 Å². The highest BCUT2D eigenvalue weighted by Gasteiger charge is 2.28. The average molecular weight is 244 g/mol. The van der Waals surface area contributed by atoms with Gasteiger partial charge in [0.2, 0.25) is 5.89 Å². The van der Waals surface area contributed by atoms with Crippen molar-refractivity contribution < 1.29 is 4.52 Å². The van der Waals surface area contributed by atoms with Gasteiger partial charge in [-0.2, -0.15) is 4.98 Å². The van der Waals surface area contributed by atoms with E-state index in [1.165, 1.54) is 5.56 Å². The number of rotatable bonds is 3. The summed E-state index contributed by atoms with van der Waals surface area (Å²) in [6.45, 7) is 3.73. The van der Waals surface area contributed by atoms with E-state index in [1.807, 2.05) is 24.1 Å². The molecule has 2 aromatic rings. The molecule has 5 nitrogen and oxygen atoms in total. The molecule has 0 saturated carbocycles. The van der Waals surface area contributed by atoms with Gasteiger partial charge in [-0.25, -0.2) is 0 Å². The van der Waals surface area contributed by atoms with Gasteiger partial charge in [-0.3, -0.25) is 0 Å². The molecular weight excluding hydrogens is 228 g/mol. The second kappa shape index (κ2) is 4.33. The first-order valence-electron chi connectivity index (χ1n) is 6.17. The molecule has 1 aliphatic rings. The lowest BCUT2D eigenvalue weighted by Crippen LogP contribution is -2.17. The van der Waals surface area contributed by atoms with Crippen LogP contribution in [0.15, 0.2) is 28.8 Å². The van der Waals surface area contributed by atoms with Crippen LogP contribution in [0.25, 0.3) is 0 Å². The SMILES string of the molecule is CCN(C)c1noc(C2CNc3ccccc32)n1. The van der Waals surface area contributed by atoms with Crippen LogP contribution in [0.2, 0.25) is 0 Å². The van der Waals surface area contributed by atoms with E-state index in [2.05, 4.69) is 34.5 Å². The lowest BCUT2D eigenvalue weighted by Gasteiger charge is -2.09. The molecular formula is C13H16N4O. The number of benzene rings is 1. The fourth-order valence-corrected chi connectivity index (χ4v) is 2.17. The molecule has 0 bridgehead atoms. The number of hydrogen-bond donors (Lipinski definition) is 1. The van der Waals surface area contributed by atoms with Gasteiger partial charge in [0.15, 0.2) is 0 Å². The third-order valence-corrected chi connectivity index (χ3v) is 3.38. The normalized spacial score (nSPS) is 17.3. The second-order valence-electron chi connectivity index (χ2n) is 4.47. The van der Waals surface area contributed by atoms with Gasteiger partial charge in [0.05, 0.1) is 5.92 Å². The Morgan fingerprint density at radius 3 is 3.11 bits per heavy atom. The predicted octanol–water partition coefficient (Wildman–Crippen LogP) is 2.08. The van der Waals surface area contributed by atoms with Gasteiger partial charge >= 0.3 is 0 Å². The molecule has 3 rings (SSSR count). The third kappa shape index (κ3) is 1.72. The minimum Gasteiger partial charge on any atom is -0.384 e. The molecule has 0 spiro atoms. The summed E-state index contributed by atoms with van der Waals surface area (Å²) in [7, 11) is 1.95. The van der Waals surface area contributed by atoms with Gasteiger partial charge in [-0.1, -0.05) is 18.2 Å². The number of nitrogens with one attached hydrogen (secondary N) is 1. The van der Waals surface area contributed by atoms with Crippen molar-refractivity contribution >= 4 is 11.6 Å². The van der Waals surface area contributed by atoms with Crippen molar-refractivity contribution in [2.45, 2.75) is 12.8 Å². The van der Waals surface area contributed by atoms with Gasteiger partial charge in [0.1, 0.15) is 0 Å². The second-order valence-corrected chi connectivity index (χ2v) is 4.47. The van der Waals surface area contributed by atoms with E-state index in [-0.39, 0.29) is 5.92 Å². The minimum atomic E-state index is 0.160. The van der Waals surface area contributed by atoms with Crippen molar-refractivity contribution in [1.82, 2.24) is 10.1 Å². The number of aromatic nitrogens is 2. The standard InChI is InChI=1S/C13H16N4O/c1-3-17(2)13-15-12(18-16-13)10-8-14-11-7-5-4-6-9(10)11/h4-7,10,14H,3,8H2,1-2H3. The van der Waals surface area contributed by atoms with Crippen LogP contribution in [0.3, 0.4) is 0 Å². The molecule has 1 atom stereocenters. The third-order valence-electron chi connectivity index (χ3n) is 3.38. The van der Waals surface area contributed by atoms with Gasteiger partial charge < -0.3 is 14.7 Å². The topological polar surface area (TPSA) is 54.2 Å². The molecule has 1 N–H and O–H groups in total. The first kappa shape index (κ1) is 11.1. The highest BCUT2D eigenvalue weighted by atomic mass is 16.5. The zero-order valence-corrected chi connectivity index (χ0v) is 10.6. The van der Waals surface area contributed by atoms with Crippen molar-refractivity contribution in [3.63, 3.8) is 0 Å². The summed E-state index contributed by atoms with van der Waals surface area (Å²) >= 11 is 0. The maximum atomic E-state index is 5.39. The summed E-state index contributed by atoms with van der Waals surface area (Å²) in [6, 6.07) is 8.24. The lowest BCUT2D eigenvalue weighted by atomic mass is 10.0. The molecule has 5 heteroatoms. The summed E-state index contributed by atoms with van der Waals surface area (Å²) in [5.74, 6) is 1.49. The van der Waals surface area contributed by atoms with Crippen LogP contribution in [0.5, 0.6) is 0 Å². The van der Waals surface area contributed by atoms with Gasteiger partial charge in [-0.15, -0.1) is 0 Å². The van der Waals surface area contributed by atoms with Crippen LogP contribution >= 0.6 is 0 Å². The number of fused-ring (bicyclic) bond motifs is 1. The largest absolute Gasteiger partial charge is 0.384 e. The fraction of sp³-hybridized carbons (Fsp3) is 0.385. The van der Waals surface area contributed by atoms with E-state index in [0.717, 1.165) is 18.8 Å². The summed E-state index contributed by atoms with van der Waals surface area (Å²) < 4.78 is 5.39. The Bertz CT molecular complexity index is 551. The van der Waals surface area contributed by atoms with Crippen molar-refractivity contribution in [3.05, 3.63) is 35.7 Å². The van der Waals surface area contributed by atoms with Crippen molar-refractivity contribution in [2.75, 3.05) is 30.4 Å². The van der Waals surface area contributed by atoms with E-state index in [1.54, 1.807) is 0 Å². The number of nitrogens with zero attached hydrogens (tertiary/aromatic N) is 3. The smallest absolute Gasteiger partial charge is 0.265 e. The van der Waals surface area contributed by atoms with E-state index in [0.29, 0.717) is 11.8 Å². The Morgan fingerprint density at radius 2 is 2.28 bits per heavy atom. The van der Waals surface area contributed by atoms with E-state index >= 15 is 0 Å². The maximum absolute atomic E-state index is 5.39. The number of hydrogen-bond acceptors (Lipinski definition) is 5. The Balaban J connectivity index is 1.91. The predicted molar refractivity (Wildman–Crippen MR) is 70.0 cm³/mol. The van der Waals surface area contributed by atoms with Gasteiger partial charge in [0.25, 0.3) is 5.95 Å². The number of para-hydroxylation sites is 1. The zero-order chi connectivity index (χ0) is 12.5. The first-order chi connectivity index (χ1) is 8.79. The Hall–Kier alpha value is -2.04. The molecule has 1 unspecified atom stereocenters. The quantitative estimate of drug-likeness (QED) is 0.896. The van der Waals surface area contributed by atoms with E-state index < -0.39 is 0 Å². The highest BCUT2D eigenvalue weighted by Crippen LogP contribution is 2.35. The molecule has 2 heterocycles. The minimum absolute atomic E-state index is 0.160. The van der Waals surface area contributed by atoms with Crippen molar-refractivity contribution in [2.24, 2.45) is 0 Å². The monoisotopic (exact) mass is 244 g/mol. The summed E-state index contributed by atoms with van der Waals surface area (Å²) in [5, 5.41) is 7.38. The van der Waals surface area contributed by atoms with Crippen LogP contribution in [0.4, 0.5) is 11.6 Å². The average Bonchev–Trinajstić information content (AvgIpc) is 3.03. The number of anilines is 2. The van der Waals surface area contributed by atoms with Crippen LogP contribution in [0, 0.1) is 0 Å². The molecule has 0 saturated heterocycles. The summed E-state index contributed by atoms with van der Waals surface area (Å²) in [5.41, 5.74) is 2.39. The van der Waals surface area contributed by atoms with Gasteiger partial charge in [0, 0.05) is 25.8 Å². The molecule has 18 heavy (non-hydrogen) atoms. The van der Waals surface area contributed by atoms with Crippen LogP contribution in [-0.4, -0.2) is 30.3 Å². The molecule has 0 amide bonds. The van der Waals surface area contributed by atoms with Crippen molar-refractivity contribution in [3.8, 4) is 0 Å². The zero-order valence-electron chi connectivity index (χ0n) is 10.6. The summed E-state index contributed by atoms with van der Waals surface area (Å²) in [6.07, 6.45) is 0. The maximum Gasteiger partial charge on any atom is 0.265 e.